The molecule has 2 aliphatic heterocycles. The standard InChI is InChI=1S/C23H25N5O3/c29-22(26-5-3-19-10-24-6-7-25-19)20-1-2-21-18-9-17(13-28(21)23(20)30)12-27(14-18)11-16-4-8-31-15-16/h1-2,4,6-8,10,15,17-18H,3,5,9,11-14H2,(H,26,29)/t17-,18+/m0/s1. The number of fused-ring (bicyclic) bond motifs is 4. The first-order chi connectivity index (χ1) is 15.2. The minimum Gasteiger partial charge on any atom is -0.472 e. The van der Waals surface area contributed by atoms with E-state index in [1.807, 2.05) is 16.7 Å². The Morgan fingerprint density at radius 3 is 2.94 bits per heavy atom. The zero-order valence-electron chi connectivity index (χ0n) is 17.2. The van der Waals surface area contributed by atoms with Crippen LogP contribution in [0.1, 0.15) is 39.6 Å². The van der Waals surface area contributed by atoms with Crippen LogP contribution in [0.15, 0.2) is 58.5 Å². The molecule has 1 saturated heterocycles. The van der Waals surface area contributed by atoms with Crippen molar-refractivity contribution in [2.75, 3.05) is 19.6 Å². The molecule has 0 aromatic carbocycles. The molecule has 2 aliphatic rings. The van der Waals surface area contributed by atoms with Crippen LogP contribution in [-0.4, -0.2) is 45.0 Å². The van der Waals surface area contributed by atoms with Crippen molar-refractivity contribution in [2.45, 2.75) is 31.8 Å². The summed E-state index contributed by atoms with van der Waals surface area (Å²) in [6.45, 7) is 3.78. The molecule has 5 rings (SSSR count). The summed E-state index contributed by atoms with van der Waals surface area (Å²) in [6, 6.07) is 5.64. The predicted octanol–water partition coefficient (Wildman–Crippen LogP) is 1.82. The van der Waals surface area contributed by atoms with E-state index in [1.54, 1.807) is 37.2 Å². The number of carbonyl (C=O) groups excluding carboxylic acids is 1. The lowest BCUT2D eigenvalue weighted by Gasteiger charge is -2.42. The van der Waals surface area contributed by atoms with E-state index in [0.29, 0.717) is 31.3 Å². The van der Waals surface area contributed by atoms with E-state index in [-0.39, 0.29) is 17.0 Å². The van der Waals surface area contributed by atoms with Crippen LogP contribution in [0.5, 0.6) is 0 Å². The van der Waals surface area contributed by atoms with Gasteiger partial charge < -0.3 is 14.3 Å². The normalized spacial score (nSPS) is 20.3. The average molecular weight is 419 g/mol. The van der Waals surface area contributed by atoms with E-state index in [9.17, 15) is 9.59 Å². The van der Waals surface area contributed by atoms with E-state index in [2.05, 4.69) is 20.2 Å². The molecule has 8 nitrogen and oxygen atoms in total. The molecule has 0 aliphatic carbocycles. The molecular formula is C23H25N5O3. The average Bonchev–Trinajstić information content (AvgIpc) is 3.28. The van der Waals surface area contributed by atoms with Crippen LogP contribution >= 0.6 is 0 Å². The summed E-state index contributed by atoms with van der Waals surface area (Å²) in [6.07, 6.45) is 10.1. The number of amides is 1. The summed E-state index contributed by atoms with van der Waals surface area (Å²) in [5, 5.41) is 2.84. The van der Waals surface area contributed by atoms with Gasteiger partial charge in [0.25, 0.3) is 11.5 Å². The van der Waals surface area contributed by atoms with Crippen LogP contribution in [0.3, 0.4) is 0 Å². The number of rotatable bonds is 6. The van der Waals surface area contributed by atoms with Gasteiger partial charge in [0.05, 0.1) is 18.2 Å². The maximum Gasteiger partial charge on any atom is 0.263 e. The fourth-order valence-electron chi connectivity index (χ4n) is 4.85. The van der Waals surface area contributed by atoms with Gasteiger partial charge in [-0.15, -0.1) is 0 Å². The van der Waals surface area contributed by atoms with Gasteiger partial charge in [-0.2, -0.15) is 0 Å². The molecule has 0 spiro atoms. The number of aromatic nitrogens is 3. The molecule has 0 saturated carbocycles. The number of nitrogens with zero attached hydrogens (tertiary/aromatic N) is 4. The minimum atomic E-state index is -0.332. The maximum absolute atomic E-state index is 13.1. The Morgan fingerprint density at radius 2 is 2.13 bits per heavy atom. The van der Waals surface area contributed by atoms with E-state index >= 15 is 0 Å². The summed E-state index contributed by atoms with van der Waals surface area (Å²) in [7, 11) is 0. The molecule has 1 N–H and O–H groups in total. The van der Waals surface area contributed by atoms with Crippen molar-refractivity contribution in [3.05, 3.63) is 82.2 Å². The number of hydrogen-bond donors (Lipinski definition) is 1. The quantitative estimate of drug-likeness (QED) is 0.655. The van der Waals surface area contributed by atoms with Gasteiger partial charge in [-0.05, 0) is 30.5 Å². The van der Waals surface area contributed by atoms with Crippen molar-refractivity contribution in [3.8, 4) is 0 Å². The van der Waals surface area contributed by atoms with Crippen molar-refractivity contribution in [2.24, 2.45) is 5.92 Å². The van der Waals surface area contributed by atoms with Gasteiger partial charge in [-0.1, -0.05) is 0 Å². The second-order valence-corrected chi connectivity index (χ2v) is 8.41. The Hall–Kier alpha value is -3.26. The van der Waals surface area contributed by atoms with Crippen LogP contribution in [0, 0.1) is 5.92 Å². The largest absolute Gasteiger partial charge is 0.472 e. The molecule has 2 bridgehead atoms. The second kappa shape index (κ2) is 8.47. The number of hydrogen-bond acceptors (Lipinski definition) is 6. The molecule has 5 heterocycles. The summed E-state index contributed by atoms with van der Waals surface area (Å²) in [4.78, 5) is 36.4. The Kier molecular flexibility index (Phi) is 5.38. The molecule has 1 amide bonds. The molecular weight excluding hydrogens is 394 g/mol. The maximum atomic E-state index is 13.1. The van der Waals surface area contributed by atoms with Crippen LogP contribution in [-0.2, 0) is 19.5 Å². The highest BCUT2D eigenvalue weighted by atomic mass is 16.3. The highest BCUT2D eigenvalue weighted by Gasteiger charge is 2.35. The van der Waals surface area contributed by atoms with E-state index in [4.69, 9.17) is 4.42 Å². The lowest BCUT2D eigenvalue weighted by atomic mass is 9.83. The molecule has 1 fully saturated rings. The molecule has 2 atom stereocenters. The lowest BCUT2D eigenvalue weighted by molar-refractivity contribution is 0.0947. The van der Waals surface area contributed by atoms with Gasteiger partial charge in [-0.3, -0.25) is 24.5 Å². The van der Waals surface area contributed by atoms with Gasteiger partial charge >= 0.3 is 0 Å². The SMILES string of the molecule is O=C(NCCc1cnccn1)c1ccc2n(c1=O)C[C@H]1C[C@@H]2CN(Cc2ccoc2)C1. The third-order valence-corrected chi connectivity index (χ3v) is 6.19. The van der Waals surface area contributed by atoms with Crippen molar-refractivity contribution in [3.63, 3.8) is 0 Å². The summed E-state index contributed by atoms with van der Waals surface area (Å²) in [5.74, 6) is 0.383. The smallest absolute Gasteiger partial charge is 0.263 e. The third-order valence-electron chi connectivity index (χ3n) is 6.19. The zero-order chi connectivity index (χ0) is 21.2. The number of likely N-dealkylation sites (tertiary alicyclic amines) is 1. The van der Waals surface area contributed by atoms with Crippen molar-refractivity contribution >= 4 is 5.91 Å². The van der Waals surface area contributed by atoms with Crippen LogP contribution in [0.2, 0.25) is 0 Å². The molecule has 0 unspecified atom stereocenters. The topological polar surface area (TPSA) is 93.3 Å². The Labute approximate surface area is 179 Å². The second-order valence-electron chi connectivity index (χ2n) is 8.41. The highest BCUT2D eigenvalue weighted by Crippen LogP contribution is 2.35. The zero-order valence-corrected chi connectivity index (χ0v) is 17.2. The van der Waals surface area contributed by atoms with Gasteiger partial charge in [0.1, 0.15) is 5.56 Å². The van der Waals surface area contributed by atoms with Crippen LogP contribution in [0.25, 0.3) is 0 Å². The summed E-state index contributed by atoms with van der Waals surface area (Å²) >= 11 is 0. The third kappa shape index (κ3) is 4.16. The first-order valence-corrected chi connectivity index (χ1v) is 10.7. The Morgan fingerprint density at radius 1 is 1.19 bits per heavy atom. The monoisotopic (exact) mass is 419 g/mol. The summed E-state index contributed by atoms with van der Waals surface area (Å²) < 4.78 is 7.02. The number of pyridine rings is 1. The van der Waals surface area contributed by atoms with Crippen LogP contribution in [0.4, 0.5) is 0 Å². The van der Waals surface area contributed by atoms with Gasteiger partial charge in [0, 0.05) is 74.9 Å². The van der Waals surface area contributed by atoms with Gasteiger partial charge in [0.2, 0.25) is 0 Å². The fraction of sp³-hybridized carbons (Fsp3) is 0.391. The summed E-state index contributed by atoms with van der Waals surface area (Å²) in [5.41, 5.74) is 3.03. The van der Waals surface area contributed by atoms with Crippen LogP contribution < -0.4 is 10.9 Å². The van der Waals surface area contributed by atoms with E-state index < -0.39 is 0 Å². The first-order valence-electron chi connectivity index (χ1n) is 10.7. The molecule has 3 aromatic heterocycles. The van der Waals surface area contributed by atoms with Gasteiger partial charge in [0.15, 0.2) is 0 Å². The Bertz CT molecular complexity index is 1110. The lowest BCUT2D eigenvalue weighted by Crippen LogP contribution is -2.47. The molecule has 160 valence electrons. The molecule has 31 heavy (non-hydrogen) atoms. The molecule has 0 radical (unpaired) electrons. The first kappa shape index (κ1) is 19.7. The predicted molar refractivity (Wildman–Crippen MR) is 114 cm³/mol. The molecule has 8 heteroatoms. The highest BCUT2D eigenvalue weighted by molar-refractivity contribution is 5.93. The number of nitrogens with one attached hydrogen (secondary N) is 1. The Balaban J connectivity index is 1.28. The van der Waals surface area contributed by atoms with Gasteiger partial charge in [-0.25, -0.2) is 0 Å². The number of piperidine rings is 1. The molecule has 3 aromatic rings. The number of furan rings is 1. The van der Waals surface area contributed by atoms with E-state index in [0.717, 1.165) is 37.4 Å². The van der Waals surface area contributed by atoms with Crippen molar-refractivity contribution in [1.82, 2.24) is 24.8 Å². The minimum absolute atomic E-state index is 0.188. The van der Waals surface area contributed by atoms with Crippen molar-refractivity contribution < 1.29 is 9.21 Å². The fourth-order valence-corrected chi connectivity index (χ4v) is 4.85. The van der Waals surface area contributed by atoms with E-state index in [1.165, 1.54) is 5.56 Å². The number of carbonyl (C=O) groups is 1. The van der Waals surface area contributed by atoms with Crippen molar-refractivity contribution in [1.29, 1.82) is 0 Å².